The highest BCUT2D eigenvalue weighted by Crippen LogP contribution is 2.22. The normalized spacial score (nSPS) is 10.3. The van der Waals surface area contributed by atoms with E-state index in [0.29, 0.717) is 17.3 Å². The summed E-state index contributed by atoms with van der Waals surface area (Å²) in [5, 5.41) is 14.0. The van der Waals surface area contributed by atoms with Gasteiger partial charge in [-0.15, -0.1) is 10.2 Å². The minimum Gasteiger partial charge on any atom is -0.457 e. The lowest BCUT2D eigenvalue weighted by Crippen LogP contribution is -2.15. The Morgan fingerprint density at radius 3 is 2.33 bits per heavy atom. The predicted octanol–water partition coefficient (Wildman–Crippen LogP) is 4.73. The van der Waals surface area contributed by atoms with E-state index in [1.54, 1.807) is 36.4 Å². The summed E-state index contributed by atoms with van der Waals surface area (Å²) in [6.45, 7) is 2.97. The van der Waals surface area contributed by atoms with Gasteiger partial charge in [-0.2, -0.15) is 0 Å². The number of hydrogen-bond donors (Lipinski definition) is 2. The number of benzene rings is 2. The zero-order valence-corrected chi connectivity index (χ0v) is 15.2. The molecule has 6 heteroatoms. The Labute approximate surface area is 158 Å². The smallest absolute Gasteiger partial charge is 0.276 e. The molecule has 1 amide bonds. The van der Waals surface area contributed by atoms with Gasteiger partial charge in [-0.1, -0.05) is 31.5 Å². The average Bonchev–Trinajstić information content (AvgIpc) is 2.71. The maximum absolute atomic E-state index is 12.3. The van der Waals surface area contributed by atoms with Crippen LogP contribution < -0.4 is 15.4 Å². The number of aromatic nitrogens is 2. The van der Waals surface area contributed by atoms with Crippen LogP contribution in [0.1, 0.15) is 30.3 Å². The Balaban J connectivity index is 1.55. The molecule has 0 saturated heterocycles. The van der Waals surface area contributed by atoms with E-state index in [-0.39, 0.29) is 11.6 Å². The second-order valence-corrected chi connectivity index (χ2v) is 5.98. The van der Waals surface area contributed by atoms with Crippen molar-refractivity contribution in [2.24, 2.45) is 0 Å². The maximum atomic E-state index is 12.3. The van der Waals surface area contributed by atoms with Gasteiger partial charge in [0.25, 0.3) is 5.91 Å². The van der Waals surface area contributed by atoms with E-state index in [1.165, 1.54) is 0 Å². The summed E-state index contributed by atoms with van der Waals surface area (Å²) < 4.78 is 5.73. The van der Waals surface area contributed by atoms with Crippen LogP contribution in [0.15, 0.2) is 66.7 Å². The molecule has 27 heavy (non-hydrogen) atoms. The third kappa shape index (κ3) is 5.54. The van der Waals surface area contributed by atoms with Crippen molar-refractivity contribution in [1.29, 1.82) is 0 Å². The van der Waals surface area contributed by atoms with Crippen LogP contribution in [0.2, 0.25) is 0 Å². The Morgan fingerprint density at radius 2 is 1.67 bits per heavy atom. The molecule has 0 unspecified atom stereocenters. The van der Waals surface area contributed by atoms with Crippen molar-refractivity contribution in [3.63, 3.8) is 0 Å². The quantitative estimate of drug-likeness (QED) is 0.566. The van der Waals surface area contributed by atoms with Crippen LogP contribution >= 0.6 is 0 Å². The molecule has 1 heterocycles. The molecule has 0 radical (unpaired) electrons. The third-order valence-corrected chi connectivity index (χ3v) is 3.82. The van der Waals surface area contributed by atoms with Crippen LogP contribution in [0.25, 0.3) is 0 Å². The van der Waals surface area contributed by atoms with Crippen molar-refractivity contribution in [2.75, 3.05) is 17.2 Å². The van der Waals surface area contributed by atoms with Gasteiger partial charge in [-0.3, -0.25) is 4.79 Å². The van der Waals surface area contributed by atoms with Gasteiger partial charge < -0.3 is 15.4 Å². The minimum atomic E-state index is -0.306. The molecule has 0 saturated carbocycles. The molecule has 138 valence electrons. The first-order valence-electron chi connectivity index (χ1n) is 8.96. The summed E-state index contributed by atoms with van der Waals surface area (Å²) in [7, 11) is 0. The molecule has 3 rings (SSSR count). The molecule has 0 bridgehead atoms. The Bertz CT molecular complexity index is 850. The minimum absolute atomic E-state index is 0.264. The fourth-order valence-corrected chi connectivity index (χ4v) is 2.37. The van der Waals surface area contributed by atoms with Crippen LogP contribution in [0, 0.1) is 0 Å². The van der Waals surface area contributed by atoms with E-state index < -0.39 is 0 Å². The number of nitrogens with zero attached hydrogens (tertiary/aromatic N) is 2. The van der Waals surface area contributed by atoms with E-state index in [9.17, 15) is 4.79 Å². The molecule has 0 atom stereocenters. The number of para-hydroxylation sites is 1. The van der Waals surface area contributed by atoms with Crippen molar-refractivity contribution in [1.82, 2.24) is 10.2 Å². The lowest BCUT2D eigenvalue weighted by molar-refractivity contribution is 0.102. The van der Waals surface area contributed by atoms with E-state index in [2.05, 4.69) is 27.8 Å². The largest absolute Gasteiger partial charge is 0.457 e. The second-order valence-electron chi connectivity index (χ2n) is 5.98. The molecule has 0 aliphatic heterocycles. The second kappa shape index (κ2) is 9.33. The highest BCUT2D eigenvalue weighted by Gasteiger charge is 2.09. The summed E-state index contributed by atoms with van der Waals surface area (Å²) >= 11 is 0. The van der Waals surface area contributed by atoms with Gasteiger partial charge in [-0.05, 0) is 55.0 Å². The van der Waals surface area contributed by atoms with Crippen molar-refractivity contribution < 1.29 is 9.53 Å². The number of carbonyl (C=O) groups is 1. The molecule has 0 fully saturated rings. The standard InChI is InChI=1S/C21H22N4O2/c1-2-3-15-22-20-14-13-19(24-25-20)21(26)23-16-9-11-18(12-10-16)27-17-7-5-4-6-8-17/h4-14H,2-3,15H2,1H3,(H,22,25)(H,23,26). The number of ether oxygens (including phenoxy) is 1. The van der Waals surface area contributed by atoms with Gasteiger partial charge in [0.1, 0.15) is 17.3 Å². The van der Waals surface area contributed by atoms with Crippen LogP contribution in [0.4, 0.5) is 11.5 Å². The molecule has 2 N–H and O–H groups in total. The van der Waals surface area contributed by atoms with Crippen LogP contribution in [0.5, 0.6) is 11.5 Å². The molecule has 3 aromatic rings. The average molecular weight is 362 g/mol. The van der Waals surface area contributed by atoms with Crippen molar-refractivity contribution in [3.05, 3.63) is 72.4 Å². The topological polar surface area (TPSA) is 76.1 Å². The van der Waals surface area contributed by atoms with E-state index in [4.69, 9.17) is 4.74 Å². The number of hydrogen-bond acceptors (Lipinski definition) is 5. The highest BCUT2D eigenvalue weighted by molar-refractivity contribution is 6.02. The Morgan fingerprint density at radius 1 is 0.926 bits per heavy atom. The first-order chi connectivity index (χ1) is 13.2. The maximum Gasteiger partial charge on any atom is 0.276 e. The fraction of sp³-hybridized carbons (Fsp3) is 0.190. The van der Waals surface area contributed by atoms with Gasteiger partial charge in [0.2, 0.25) is 0 Å². The zero-order valence-electron chi connectivity index (χ0n) is 15.2. The molecule has 0 aliphatic rings. The number of anilines is 2. The monoisotopic (exact) mass is 362 g/mol. The number of amides is 1. The van der Waals surface area contributed by atoms with Gasteiger partial charge in [0.15, 0.2) is 5.69 Å². The van der Waals surface area contributed by atoms with E-state index >= 15 is 0 Å². The third-order valence-electron chi connectivity index (χ3n) is 3.82. The number of unbranched alkanes of at least 4 members (excludes halogenated alkanes) is 1. The van der Waals surface area contributed by atoms with Crippen molar-refractivity contribution in [2.45, 2.75) is 19.8 Å². The van der Waals surface area contributed by atoms with Crippen LogP contribution in [-0.2, 0) is 0 Å². The molecular weight excluding hydrogens is 340 g/mol. The Kier molecular flexibility index (Phi) is 6.35. The van der Waals surface area contributed by atoms with Crippen molar-refractivity contribution in [3.8, 4) is 11.5 Å². The van der Waals surface area contributed by atoms with Crippen LogP contribution in [-0.4, -0.2) is 22.6 Å². The summed E-state index contributed by atoms with van der Waals surface area (Å²) in [5.41, 5.74) is 0.924. The zero-order chi connectivity index (χ0) is 18.9. The van der Waals surface area contributed by atoms with E-state index in [0.717, 1.165) is 25.1 Å². The number of carbonyl (C=O) groups excluding carboxylic acids is 1. The molecule has 2 aromatic carbocycles. The first-order valence-corrected chi connectivity index (χ1v) is 8.96. The lowest BCUT2D eigenvalue weighted by atomic mass is 10.2. The van der Waals surface area contributed by atoms with Gasteiger partial charge in [-0.25, -0.2) is 0 Å². The molecular formula is C21H22N4O2. The summed E-state index contributed by atoms with van der Waals surface area (Å²) in [6.07, 6.45) is 2.17. The fourth-order valence-electron chi connectivity index (χ4n) is 2.37. The lowest BCUT2D eigenvalue weighted by Gasteiger charge is -2.08. The SMILES string of the molecule is CCCCNc1ccc(C(=O)Nc2ccc(Oc3ccccc3)cc2)nn1. The van der Waals surface area contributed by atoms with Gasteiger partial charge in [0, 0.05) is 12.2 Å². The van der Waals surface area contributed by atoms with Crippen LogP contribution in [0.3, 0.4) is 0 Å². The molecule has 0 spiro atoms. The van der Waals surface area contributed by atoms with Crippen molar-refractivity contribution >= 4 is 17.4 Å². The van der Waals surface area contributed by atoms with E-state index in [1.807, 2.05) is 30.3 Å². The Hall–Kier alpha value is -3.41. The number of rotatable bonds is 8. The molecule has 6 nitrogen and oxygen atoms in total. The molecule has 0 aliphatic carbocycles. The summed E-state index contributed by atoms with van der Waals surface area (Å²) in [4.78, 5) is 12.3. The highest BCUT2D eigenvalue weighted by atomic mass is 16.5. The predicted molar refractivity (Wildman–Crippen MR) is 106 cm³/mol. The first kappa shape index (κ1) is 18.4. The summed E-state index contributed by atoms with van der Waals surface area (Å²) in [5.74, 6) is 1.82. The molecule has 1 aromatic heterocycles. The summed E-state index contributed by atoms with van der Waals surface area (Å²) in [6, 6.07) is 20.1. The number of nitrogens with one attached hydrogen (secondary N) is 2. The van der Waals surface area contributed by atoms with Gasteiger partial charge >= 0.3 is 0 Å². The van der Waals surface area contributed by atoms with Gasteiger partial charge in [0.05, 0.1) is 0 Å².